The molecule has 9 heteroatoms. The summed E-state index contributed by atoms with van der Waals surface area (Å²) in [5.74, 6) is 0.832. The number of piperazine rings is 1. The molecule has 0 saturated carbocycles. The van der Waals surface area contributed by atoms with Gasteiger partial charge < -0.3 is 9.80 Å². The molecule has 1 fully saturated rings. The Morgan fingerprint density at radius 3 is 2.67 bits per heavy atom. The average molecular weight is 363 g/mol. The van der Waals surface area contributed by atoms with Crippen LogP contribution < -0.4 is 10.2 Å². The number of thiazole rings is 1. The summed E-state index contributed by atoms with van der Waals surface area (Å²) >= 11 is 7.04. The van der Waals surface area contributed by atoms with Crippen molar-refractivity contribution in [3.05, 3.63) is 33.9 Å². The van der Waals surface area contributed by atoms with E-state index >= 15 is 0 Å². The zero-order valence-corrected chi connectivity index (χ0v) is 14.6. The van der Waals surface area contributed by atoms with Crippen LogP contribution >= 0.6 is 22.9 Å². The summed E-state index contributed by atoms with van der Waals surface area (Å²) < 4.78 is 0.539. The van der Waals surface area contributed by atoms with Gasteiger partial charge in [0.2, 0.25) is 0 Å². The number of nitrogens with one attached hydrogen (secondary N) is 1. The van der Waals surface area contributed by atoms with E-state index in [0.717, 1.165) is 11.4 Å². The van der Waals surface area contributed by atoms with Gasteiger partial charge in [0.1, 0.15) is 16.2 Å². The summed E-state index contributed by atoms with van der Waals surface area (Å²) in [5, 5.41) is 12.2. The molecule has 0 bridgehead atoms. The van der Waals surface area contributed by atoms with Crippen molar-refractivity contribution in [3.8, 4) is 6.07 Å². The molecule has 1 aliphatic heterocycles. The van der Waals surface area contributed by atoms with Gasteiger partial charge in [-0.05, 0) is 18.6 Å². The van der Waals surface area contributed by atoms with Gasteiger partial charge in [0.15, 0.2) is 5.13 Å². The molecule has 1 aliphatic rings. The van der Waals surface area contributed by atoms with E-state index in [9.17, 15) is 4.79 Å². The largest absolute Gasteiger partial charge is 0.353 e. The minimum atomic E-state index is -0.176. The van der Waals surface area contributed by atoms with Gasteiger partial charge in [-0.25, -0.2) is 14.8 Å². The van der Waals surface area contributed by atoms with Crippen LogP contribution in [0.1, 0.15) is 11.1 Å². The number of hydrogen-bond donors (Lipinski definition) is 1. The van der Waals surface area contributed by atoms with Crippen LogP contribution in [-0.4, -0.2) is 47.1 Å². The first kappa shape index (κ1) is 16.5. The molecule has 2 aromatic heterocycles. The molecule has 7 nitrogen and oxygen atoms in total. The first-order chi connectivity index (χ1) is 11.6. The van der Waals surface area contributed by atoms with E-state index in [0.29, 0.717) is 41.2 Å². The van der Waals surface area contributed by atoms with Gasteiger partial charge in [-0.15, -0.1) is 0 Å². The molecule has 0 aromatic carbocycles. The van der Waals surface area contributed by atoms with Gasteiger partial charge in [0.25, 0.3) is 0 Å². The smallest absolute Gasteiger partial charge is 0.323 e. The standard InChI is InChI=1S/C15H15ClN6OS/c1-10-6-13(18-8-11(10)7-17)21-2-4-22(5-3-21)15(23)20-14-19-9-12(16)24-14/h6,8-9H,2-5H2,1H3,(H,19,20,23). The second-order valence-electron chi connectivity index (χ2n) is 5.34. The minimum absolute atomic E-state index is 0.176. The Morgan fingerprint density at radius 1 is 1.33 bits per heavy atom. The Hall–Kier alpha value is -2.37. The fraction of sp³-hybridized carbons (Fsp3) is 0.333. The van der Waals surface area contributed by atoms with Crippen LogP contribution in [0.2, 0.25) is 4.34 Å². The molecule has 3 heterocycles. The number of aryl methyl sites for hydroxylation is 1. The van der Waals surface area contributed by atoms with Gasteiger partial charge in [-0.2, -0.15) is 5.26 Å². The van der Waals surface area contributed by atoms with Gasteiger partial charge in [0.05, 0.1) is 11.8 Å². The highest BCUT2D eigenvalue weighted by Crippen LogP contribution is 2.23. The fourth-order valence-corrected chi connectivity index (χ4v) is 3.25. The number of aromatic nitrogens is 2. The number of nitrogens with zero attached hydrogens (tertiary/aromatic N) is 5. The summed E-state index contributed by atoms with van der Waals surface area (Å²) in [6.45, 7) is 4.44. The lowest BCUT2D eigenvalue weighted by atomic mass is 10.1. The van der Waals surface area contributed by atoms with E-state index in [1.165, 1.54) is 17.5 Å². The van der Waals surface area contributed by atoms with E-state index in [-0.39, 0.29) is 6.03 Å². The number of pyridine rings is 1. The van der Waals surface area contributed by atoms with Crippen molar-refractivity contribution in [2.24, 2.45) is 0 Å². The molecule has 0 unspecified atom stereocenters. The Bertz CT molecular complexity index is 794. The molecule has 1 saturated heterocycles. The zero-order chi connectivity index (χ0) is 17.1. The van der Waals surface area contributed by atoms with E-state index in [1.54, 1.807) is 11.1 Å². The lowest BCUT2D eigenvalue weighted by Crippen LogP contribution is -2.50. The Labute approximate surface area is 148 Å². The van der Waals surface area contributed by atoms with Gasteiger partial charge in [0, 0.05) is 32.4 Å². The molecule has 0 radical (unpaired) electrons. The normalized spacial score (nSPS) is 14.4. The van der Waals surface area contributed by atoms with Gasteiger partial charge in [-0.1, -0.05) is 22.9 Å². The molecular weight excluding hydrogens is 348 g/mol. The molecule has 0 atom stereocenters. The van der Waals surface area contributed by atoms with E-state index in [2.05, 4.69) is 26.3 Å². The number of hydrogen-bond acceptors (Lipinski definition) is 6. The highest BCUT2D eigenvalue weighted by Gasteiger charge is 2.22. The third kappa shape index (κ3) is 3.58. The van der Waals surface area contributed by atoms with Crippen LogP contribution in [0.3, 0.4) is 0 Å². The lowest BCUT2D eigenvalue weighted by molar-refractivity contribution is 0.208. The third-order valence-corrected chi connectivity index (χ3v) is 4.83. The van der Waals surface area contributed by atoms with Crippen LogP contribution in [0.15, 0.2) is 18.5 Å². The summed E-state index contributed by atoms with van der Waals surface area (Å²) in [6, 6.07) is 3.85. The van der Waals surface area contributed by atoms with Crippen LogP contribution in [0.4, 0.5) is 15.7 Å². The maximum atomic E-state index is 12.2. The predicted molar refractivity (Wildman–Crippen MR) is 93.6 cm³/mol. The monoisotopic (exact) mass is 362 g/mol. The number of carbonyl (C=O) groups excluding carboxylic acids is 1. The van der Waals surface area contributed by atoms with Crippen LogP contribution in [0.5, 0.6) is 0 Å². The Balaban J connectivity index is 1.58. The van der Waals surface area contributed by atoms with Crippen molar-refractivity contribution in [3.63, 3.8) is 0 Å². The maximum Gasteiger partial charge on any atom is 0.323 e. The molecule has 24 heavy (non-hydrogen) atoms. The average Bonchev–Trinajstić information content (AvgIpc) is 2.99. The van der Waals surface area contributed by atoms with Gasteiger partial charge >= 0.3 is 6.03 Å². The van der Waals surface area contributed by atoms with Crippen molar-refractivity contribution in [2.75, 3.05) is 36.4 Å². The molecule has 3 rings (SSSR count). The number of amides is 2. The van der Waals surface area contributed by atoms with Gasteiger partial charge in [-0.3, -0.25) is 5.32 Å². The number of nitriles is 1. The summed E-state index contributed by atoms with van der Waals surface area (Å²) in [7, 11) is 0. The quantitative estimate of drug-likeness (QED) is 0.887. The zero-order valence-electron chi connectivity index (χ0n) is 13.0. The number of carbonyl (C=O) groups is 1. The van der Waals surface area contributed by atoms with E-state index in [4.69, 9.17) is 16.9 Å². The molecule has 2 amide bonds. The molecule has 2 aromatic rings. The van der Waals surface area contributed by atoms with Crippen molar-refractivity contribution in [1.29, 1.82) is 5.26 Å². The predicted octanol–water partition coefficient (Wildman–Crippen LogP) is 2.73. The number of anilines is 2. The van der Waals surface area contributed by atoms with Crippen LogP contribution in [0, 0.1) is 18.3 Å². The third-order valence-electron chi connectivity index (χ3n) is 3.80. The van der Waals surface area contributed by atoms with Crippen molar-refractivity contribution in [1.82, 2.24) is 14.9 Å². The molecule has 1 N–H and O–H groups in total. The summed E-state index contributed by atoms with van der Waals surface area (Å²) in [6.07, 6.45) is 3.11. The molecule has 0 spiro atoms. The Morgan fingerprint density at radius 2 is 2.08 bits per heavy atom. The number of urea groups is 1. The molecule has 0 aliphatic carbocycles. The summed E-state index contributed by atoms with van der Waals surface area (Å²) in [4.78, 5) is 24.4. The maximum absolute atomic E-state index is 12.2. The fourth-order valence-electron chi connectivity index (χ4n) is 2.45. The van der Waals surface area contributed by atoms with Crippen LogP contribution in [0.25, 0.3) is 0 Å². The highest BCUT2D eigenvalue weighted by molar-refractivity contribution is 7.19. The number of rotatable bonds is 2. The second kappa shape index (κ2) is 7.03. The molecule has 124 valence electrons. The van der Waals surface area contributed by atoms with E-state index in [1.807, 2.05) is 13.0 Å². The van der Waals surface area contributed by atoms with Crippen molar-refractivity contribution < 1.29 is 4.79 Å². The summed E-state index contributed by atoms with van der Waals surface area (Å²) in [5.41, 5.74) is 1.49. The second-order valence-corrected chi connectivity index (χ2v) is 7.00. The minimum Gasteiger partial charge on any atom is -0.353 e. The highest BCUT2D eigenvalue weighted by atomic mass is 35.5. The topological polar surface area (TPSA) is 85.2 Å². The van der Waals surface area contributed by atoms with Crippen molar-refractivity contribution in [2.45, 2.75) is 6.92 Å². The molecular formula is C15H15ClN6OS. The number of halogens is 1. The van der Waals surface area contributed by atoms with Crippen molar-refractivity contribution >= 4 is 39.9 Å². The SMILES string of the molecule is Cc1cc(N2CCN(C(=O)Nc3ncc(Cl)s3)CC2)ncc1C#N. The first-order valence-corrected chi connectivity index (χ1v) is 8.55. The Kier molecular flexibility index (Phi) is 4.83. The lowest BCUT2D eigenvalue weighted by Gasteiger charge is -2.35. The van der Waals surface area contributed by atoms with E-state index < -0.39 is 0 Å². The first-order valence-electron chi connectivity index (χ1n) is 7.36. The van der Waals surface area contributed by atoms with Crippen LogP contribution in [-0.2, 0) is 0 Å².